The maximum Gasteiger partial charge on any atom is 0.294 e. The molecule has 4 N–H and O–H groups in total. The molecular weight excluding hydrogens is 456 g/mol. The van der Waals surface area contributed by atoms with Gasteiger partial charge in [-0.1, -0.05) is 0 Å². The molecule has 2 saturated carbocycles. The predicted molar refractivity (Wildman–Crippen MR) is 107 cm³/mol. The quantitative estimate of drug-likeness (QED) is 0.193. The van der Waals surface area contributed by atoms with Crippen LogP contribution >= 0.6 is 0 Å². The van der Waals surface area contributed by atoms with Crippen molar-refractivity contribution >= 4 is 25.9 Å². The van der Waals surface area contributed by atoms with Gasteiger partial charge in [0.1, 0.15) is 6.61 Å². The Kier molecular flexibility index (Phi) is 7.32. The molecule has 2 aliphatic rings. The van der Waals surface area contributed by atoms with Crippen LogP contribution in [0.4, 0.5) is 5.69 Å². The van der Waals surface area contributed by atoms with Crippen molar-refractivity contribution in [2.24, 2.45) is 10.2 Å². The highest BCUT2D eigenvalue weighted by Crippen LogP contribution is 2.32. The van der Waals surface area contributed by atoms with Gasteiger partial charge in [0.15, 0.2) is 5.69 Å². The second-order valence-corrected chi connectivity index (χ2v) is 11.4. The number of aromatic nitrogens is 2. The highest BCUT2D eigenvalue weighted by Gasteiger charge is 2.32. The number of nitrogens with zero attached hydrogens (tertiary/aromatic N) is 3. The molecule has 3 rings (SSSR count). The van der Waals surface area contributed by atoms with Crippen LogP contribution in [0.1, 0.15) is 63.1 Å². The summed E-state index contributed by atoms with van der Waals surface area (Å²) in [6.45, 7) is -0.341. The first kappa shape index (κ1) is 24.0. The summed E-state index contributed by atoms with van der Waals surface area (Å²) in [6, 6.07) is -0.647. The Hall–Kier alpha value is -1.65. The number of nitrogens with one attached hydrogen (secondary N) is 1. The summed E-state index contributed by atoms with van der Waals surface area (Å²) in [7, 11) is -8.21. The van der Waals surface area contributed by atoms with E-state index in [1.54, 1.807) is 0 Å². The fourth-order valence-corrected chi connectivity index (χ4v) is 5.95. The molecule has 0 bridgehead atoms. The molecule has 1 heterocycles. The van der Waals surface area contributed by atoms with Gasteiger partial charge in [-0.25, -0.2) is 9.57 Å². The van der Waals surface area contributed by atoms with Crippen molar-refractivity contribution in [2.75, 3.05) is 0 Å². The molecule has 13 nitrogen and oxygen atoms in total. The van der Waals surface area contributed by atoms with E-state index in [2.05, 4.69) is 20.2 Å². The van der Waals surface area contributed by atoms with Crippen molar-refractivity contribution in [3.8, 4) is 0 Å². The lowest BCUT2D eigenvalue weighted by Crippen LogP contribution is -2.31. The molecule has 31 heavy (non-hydrogen) atoms. The van der Waals surface area contributed by atoms with Crippen LogP contribution in [0.15, 0.2) is 15.0 Å². The Labute approximate surface area is 178 Å². The Bertz CT molecular complexity index is 1060. The van der Waals surface area contributed by atoms with Gasteiger partial charge in [0.25, 0.3) is 25.8 Å². The van der Waals surface area contributed by atoms with Crippen LogP contribution in [0, 0.1) is 0 Å². The van der Waals surface area contributed by atoms with Crippen LogP contribution in [0.2, 0.25) is 0 Å². The van der Waals surface area contributed by atoms with Crippen molar-refractivity contribution in [1.29, 1.82) is 0 Å². The molecule has 0 aromatic carbocycles. The Morgan fingerprint density at radius 2 is 1.45 bits per heavy atom. The summed E-state index contributed by atoms with van der Waals surface area (Å²) in [6.07, 6.45) is 2.35. The van der Waals surface area contributed by atoms with E-state index in [0.29, 0.717) is 25.7 Å². The molecule has 0 atom stereocenters. The number of hydrogen-bond acceptors (Lipinski definition) is 9. The third-order valence-electron chi connectivity index (χ3n) is 5.99. The van der Waals surface area contributed by atoms with E-state index in [-0.39, 0.29) is 55.8 Å². The molecular formula is C16H26N4O9S2. The standard InChI is InChI=1S/C16H26N4O9S2/c21-16-15(18-17-10-1-5-12(6-2-10)30(23,24)25)14(9-29-22)19-20(16)11-3-7-13(8-4-11)31(26,27)28/h10-13,19,22H,1-9H2,(H,23,24,25)(H,26,27,28). The molecule has 2 fully saturated rings. The SMILES string of the molecule is O=c1c(N=NC2CCC(S(=O)(=O)O)CC2)c(COO)[nH]n1C1CCC(S(=O)(=O)O)CC1. The third kappa shape index (κ3) is 5.78. The minimum Gasteiger partial charge on any atom is -0.295 e. The lowest BCUT2D eigenvalue weighted by atomic mass is 9.95. The first-order valence-electron chi connectivity index (χ1n) is 9.94. The monoisotopic (exact) mass is 482 g/mol. The van der Waals surface area contributed by atoms with Crippen molar-refractivity contribution in [1.82, 2.24) is 9.78 Å². The second-order valence-electron chi connectivity index (χ2n) is 7.99. The van der Waals surface area contributed by atoms with Crippen molar-refractivity contribution in [2.45, 2.75) is 80.6 Å². The van der Waals surface area contributed by atoms with Gasteiger partial charge in [0.2, 0.25) is 0 Å². The Morgan fingerprint density at radius 3 is 1.94 bits per heavy atom. The molecule has 0 saturated heterocycles. The summed E-state index contributed by atoms with van der Waals surface area (Å²) in [4.78, 5) is 17.0. The fraction of sp³-hybridized carbons (Fsp3) is 0.812. The van der Waals surface area contributed by atoms with E-state index in [4.69, 9.17) is 9.81 Å². The van der Waals surface area contributed by atoms with Gasteiger partial charge >= 0.3 is 0 Å². The van der Waals surface area contributed by atoms with E-state index >= 15 is 0 Å². The summed E-state index contributed by atoms with van der Waals surface area (Å²) in [5.74, 6) is 0. The number of rotatable bonds is 7. The normalized spacial score (nSPS) is 28.2. The minimum absolute atomic E-state index is 0.0529. The fourth-order valence-electron chi connectivity index (χ4n) is 4.22. The van der Waals surface area contributed by atoms with Gasteiger partial charge in [0.05, 0.1) is 28.3 Å². The summed E-state index contributed by atoms with van der Waals surface area (Å²) in [5, 5.41) is 18.1. The van der Waals surface area contributed by atoms with Gasteiger partial charge in [-0.3, -0.25) is 24.3 Å². The zero-order chi connectivity index (χ0) is 22.8. The van der Waals surface area contributed by atoms with Crippen LogP contribution in [0.25, 0.3) is 0 Å². The van der Waals surface area contributed by atoms with Gasteiger partial charge < -0.3 is 0 Å². The highest BCUT2D eigenvalue weighted by molar-refractivity contribution is 7.86. The zero-order valence-electron chi connectivity index (χ0n) is 16.6. The van der Waals surface area contributed by atoms with Crippen molar-refractivity contribution in [3.63, 3.8) is 0 Å². The lowest BCUT2D eigenvalue weighted by Gasteiger charge is -2.26. The summed E-state index contributed by atoms with van der Waals surface area (Å²) >= 11 is 0. The van der Waals surface area contributed by atoms with Gasteiger partial charge in [-0.15, -0.1) is 5.11 Å². The second kappa shape index (κ2) is 9.46. The largest absolute Gasteiger partial charge is 0.295 e. The van der Waals surface area contributed by atoms with E-state index in [0.717, 1.165) is 0 Å². The summed E-state index contributed by atoms with van der Waals surface area (Å²) in [5.41, 5.74) is -0.361. The topological polar surface area (TPSA) is 201 Å². The molecule has 0 spiro atoms. The molecule has 2 aliphatic carbocycles. The number of H-pyrrole nitrogens is 1. The predicted octanol–water partition coefficient (Wildman–Crippen LogP) is 1.82. The molecule has 0 unspecified atom stereocenters. The number of azo groups is 1. The molecule has 0 aliphatic heterocycles. The van der Waals surface area contributed by atoms with Crippen molar-refractivity contribution in [3.05, 3.63) is 16.0 Å². The van der Waals surface area contributed by atoms with Crippen LogP contribution < -0.4 is 5.56 Å². The molecule has 1 aromatic heterocycles. The molecule has 15 heteroatoms. The van der Waals surface area contributed by atoms with Crippen molar-refractivity contribution < 1.29 is 36.1 Å². The Morgan fingerprint density at radius 1 is 0.935 bits per heavy atom. The van der Waals surface area contributed by atoms with E-state index in [9.17, 15) is 26.2 Å². The third-order valence-corrected chi connectivity index (χ3v) is 8.62. The highest BCUT2D eigenvalue weighted by atomic mass is 32.2. The first-order valence-corrected chi connectivity index (χ1v) is 12.9. The first-order chi connectivity index (χ1) is 14.5. The van der Waals surface area contributed by atoms with Crippen LogP contribution in [-0.2, 0) is 31.7 Å². The van der Waals surface area contributed by atoms with Gasteiger partial charge in [-0.05, 0) is 51.4 Å². The maximum absolute atomic E-state index is 12.9. The Balaban J connectivity index is 1.74. The number of hydrogen-bond donors (Lipinski definition) is 4. The molecule has 176 valence electrons. The molecule has 0 amide bonds. The zero-order valence-corrected chi connectivity index (χ0v) is 18.3. The van der Waals surface area contributed by atoms with Gasteiger partial charge in [-0.2, -0.15) is 21.9 Å². The van der Waals surface area contributed by atoms with Crippen LogP contribution in [-0.4, -0.2) is 57.5 Å². The number of aromatic amines is 1. The lowest BCUT2D eigenvalue weighted by molar-refractivity contribution is -0.253. The maximum atomic E-state index is 12.9. The smallest absolute Gasteiger partial charge is 0.294 e. The average molecular weight is 483 g/mol. The molecule has 0 radical (unpaired) electrons. The molecule has 1 aromatic rings. The van der Waals surface area contributed by atoms with E-state index < -0.39 is 36.3 Å². The van der Waals surface area contributed by atoms with Gasteiger partial charge in [0, 0.05) is 0 Å². The average Bonchev–Trinajstić information content (AvgIpc) is 3.01. The van der Waals surface area contributed by atoms with E-state index in [1.807, 2.05) is 0 Å². The minimum atomic E-state index is -4.12. The summed E-state index contributed by atoms with van der Waals surface area (Å²) < 4.78 is 64.7. The van der Waals surface area contributed by atoms with Crippen LogP contribution in [0.5, 0.6) is 0 Å². The van der Waals surface area contributed by atoms with E-state index in [1.165, 1.54) is 4.68 Å². The van der Waals surface area contributed by atoms with Crippen LogP contribution in [0.3, 0.4) is 0 Å².